The van der Waals surface area contributed by atoms with Crippen LogP contribution in [-0.2, 0) is 23.1 Å². The summed E-state index contributed by atoms with van der Waals surface area (Å²) in [4.78, 5) is 16.9. The Bertz CT molecular complexity index is 1210. The van der Waals surface area contributed by atoms with Gasteiger partial charge in [-0.05, 0) is 57.0 Å². The molecule has 7 nitrogen and oxygen atoms in total. The maximum absolute atomic E-state index is 13.1. The Labute approximate surface area is 183 Å². The normalized spacial score (nSPS) is 15.3. The second kappa shape index (κ2) is 8.80. The number of rotatable bonds is 7. The number of aromatic nitrogens is 2. The van der Waals surface area contributed by atoms with Crippen molar-refractivity contribution in [2.75, 3.05) is 18.4 Å². The summed E-state index contributed by atoms with van der Waals surface area (Å²) in [7, 11) is -3.50. The number of hydrogen-bond acceptors (Lipinski definition) is 5. The van der Waals surface area contributed by atoms with E-state index in [1.54, 1.807) is 29.4 Å². The number of anilines is 1. The largest absolute Gasteiger partial charge is 0.377 e. The Morgan fingerprint density at radius 1 is 1.10 bits per heavy atom. The molecule has 1 aliphatic heterocycles. The first-order chi connectivity index (χ1) is 14.9. The van der Waals surface area contributed by atoms with Crippen molar-refractivity contribution in [2.24, 2.45) is 0 Å². The Morgan fingerprint density at radius 3 is 2.55 bits per heavy atom. The van der Waals surface area contributed by atoms with E-state index >= 15 is 0 Å². The maximum Gasteiger partial charge on any atom is 0.243 e. The molecule has 0 amide bonds. The first-order valence-corrected chi connectivity index (χ1v) is 12.2. The molecule has 0 atom stereocenters. The summed E-state index contributed by atoms with van der Waals surface area (Å²) < 4.78 is 29.7. The van der Waals surface area contributed by atoms with E-state index in [2.05, 4.69) is 9.88 Å². The number of aryl methyl sites for hydroxylation is 1. The zero-order valence-electron chi connectivity index (χ0n) is 18.0. The number of fused-ring (bicyclic) bond motifs is 1. The van der Waals surface area contributed by atoms with E-state index in [1.165, 1.54) is 0 Å². The standard InChI is InChI=1S/C23H28N4O3S/c1-3-27-22-12-11-18(31(29,30)26-13-7-4-8-14-26)15-21(22)25-23(27)16-24-20-10-6-5-9-19(20)17(2)28/h5-6,9-12,15,24H,3-4,7-8,13-14,16H2,1-2H3. The van der Waals surface area contributed by atoms with Crippen molar-refractivity contribution in [3.05, 3.63) is 53.9 Å². The molecule has 1 saturated heterocycles. The molecule has 1 aromatic heterocycles. The van der Waals surface area contributed by atoms with Gasteiger partial charge in [0, 0.05) is 30.9 Å². The van der Waals surface area contributed by atoms with Gasteiger partial charge in [0.1, 0.15) is 5.82 Å². The van der Waals surface area contributed by atoms with Gasteiger partial charge < -0.3 is 9.88 Å². The lowest BCUT2D eigenvalue weighted by atomic mass is 10.1. The number of para-hydroxylation sites is 1. The topological polar surface area (TPSA) is 84.3 Å². The number of benzene rings is 2. The summed E-state index contributed by atoms with van der Waals surface area (Å²) in [5, 5.41) is 3.31. The smallest absolute Gasteiger partial charge is 0.243 e. The van der Waals surface area contributed by atoms with Crippen molar-refractivity contribution >= 4 is 32.5 Å². The first-order valence-electron chi connectivity index (χ1n) is 10.7. The predicted octanol–water partition coefficient (Wildman–Crippen LogP) is 4.05. The molecule has 0 radical (unpaired) electrons. The molecular weight excluding hydrogens is 412 g/mol. The molecule has 0 spiro atoms. The number of carbonyl (C=O) groups is 1. The van der Waals surface area contributed by atoms with E-state index in [0.717, 1.165) is 36.3 Å². The van der Waals surface area contributed by atoms with Gasteiger partial charge in [-0.1, -0.05) is 18.6 Å². The number of nitrogens with one attached hydrogen (secondary N) is 1. The van der Waals surface area contributed by atoms with Crippen LogP contribution >= 0.6 is 0 Å². The van der Waals surface area contributed by atoms with Crippen LogP contribution in [0.1, 0.15) is 49.3 Å². The van der Waals surface area contributed by atoms with Crippen molar-refractivity contribution in [2.45, 2.75) is 51.1 Å². The van der Waals surface area contributed by atoms with Crippen LogP contribution in [0, 0.1) is 0 Å². The molecule has 2 aromatic carbocycles. The number of Topliss-reactive ketones (excluding diaryl/α,β-unsaturated/α-hetero) is 1. The van der Waals surface area contributed by atoms with Crippen LogP contribution in [0.25, 0.3) is 11.0 Å². The number of nitrogens with zero attached hydrogens (tertiary/aromatic N) is 3. The molecule has 2 heterocycles. The molecule has 0 bridgehead atoms. The van der Waals surface area contributed by atoms with Crippen LogP contribution in [0.3, 0.4) is 0 Å². The molecule has 164 valence electrons. The summed E-state index contributed by atoms with van der Waals surface area (Å²) >= 11 is 0. The van der Waals surface area contributed by atoms with Gasteiger partial charge in [-0.25, -0.2) is 13.4 Å². The summed E-state index contributed by atoms with van der Waals surface area (Å²) in [6.45, 7) is 5.88. The van der Waals surface area contributed by atoms with E-state index in [1.807, 2.05) is 31.2 Å². The SMILES string of the molecule is CCn1c(CNc2ccccc2C(C)=O)nc2cc(S(=O)(=O)N3CCCCC3)ccc21. The fourth-order valence-corrected chi connectivity index (χ4v) is 5.72. The van der Waals surface area contributed by atoms with Crippen molar-refractivity contribution in [3.8, 4) is 0 Å². The quantitative estimate of drug-likeness (QED) is 0.561. The maximum atomic E-state index is 13.1. The number of imidazole rings is 1. The van der Waals surface area contributed by atoms with Gasteiger partial charge in [0.05, 0.1) is 22.5 Å². The lowest BCUT2D eigenvalue weighted by molar-refractivity contribution is 0.101. The highest BCUT2D eigenvalue weighted by Crippen LogP contribution is 2.25. The Morgan fingerprint density at radius 2 is 1.84 bits per heavy atom. The third-order valence-electron chi connectivity index (χ3n) is 5.81. The summed E-state index contributed by atoms with van der Waals surface area (Å²) in [6, 6.07) is 12.6. The fourth-order valence-electron chi connectivity index (χ4n) is 4.18. The van der Waals surface area contributed by atoms with E-state index < -0.39 is 10.0 Å². The molecule has 1 fully saturated rings. The third kappa shape index (κ3) is 4.22. The monoisotopic (exact) mass is 440 g/mol. The molecule has 8 heteroatoms. The third-order valence-corrected chi connectivity index (χ3v) is 7.71. The van der Waals surface area contributed by atoms with Crippen LogP contribution in [0.2, 0.25) is 0 Å². The molecule has 3 aromatic rings. The second-order valence-electron chi connectivity index (χ2n) is 7.84. The average molecular weight is 441 g/mol. The van der Waals surface area contributed by atoms with E-state index in [-0.39, 0.29) is 5.78 Å². The van der Waals surface area contributed by atoms with Crippen LogP contribution in [0.5, 0.6) is 0 Å². The Balaban J connectivity index is 1.64. The lowest BCUT2D eigenvalue weighted by Gasteiger charge is -2.25. The summed E-state index contributed by atoms with van der Waals surface area (Å²) in [5.74, 6) is 0.794. The molecule has 0 aliphatic carbocycles. The predicted molar refractivity (Wildman–Crippen MR) is 122 cm³/mol. The summed E-state index contributed by atoms with van der Waals surface area (Å²) in [6.07, 6.45) is 2.89. The zero-order valence-corrected chi connectivity index (χ0v) is 18.8. The molecule has 4 rings (SSSR count). The summed E-state index contributed by atoms with van der Waals surface area (Å²) in [5.41, 5.74) is 2.96. The fraction of sp³-hybridized carbons (Fsp3) is 0.391. The number of carbonyl (C=O) groups excluding carboxylic acids is 1. The van der Waals surface area contributed by atoms with Crippen molar-refractivity contribution < 1.29 is 13.2 Å². The van der Waals surface area contributed by atoms with Gasteiger partial charge in [-0.15, -0.1) is 0 Å². The highest BCUT2D eigenvalue weighted by molar-refractivity contribution is 7.89. The molecular formula is C23H28N4O3S. The number of piperidine rings is 1. The lowest BCUT2D eigenvalue weighted by Crippen LogP contribution is -2.35. The Kier molecular flexibility index (Phi) is 6.11. The molecule has 31 heavy (non-hydrogen) atoms. The van der Waals surface area contributed by atoms with Crippen molar-refractivity contribution in [3.63, 3.8) is 0 Å². The number of ketones is 1. The van der Waals surface area contributed by atoms with Gasteiger partial charge in [-0.3, -0.25) is 4.79 Å². The molecule has 0 saturated carbocycles. The minimum Gasteiger partial charge on any atom is -0.377 e. The van der Waals surface area contributed by atoms with E-state index in [4.69, 9.17) is 4.98 Å². The average Bonchev–Trinajstić information content (AvgIpc) is 3.15. The van der Waals surface area contributed by atoms with Crippen LogP contribution in [0.15, 0.2) is 47.4 Å². The van der Waals surface area contributed by atoms with Crippen molar-refractivity contribution in [1.82, 2.24) is 13.9 Å². The highest BCUT2D eigenvalue weighted by Gasteiger charge is 2.26. The minimum atomic E-state index is -3.50. The van der Waals surface area contributed by atoms with Gasteiger partial charge in [0.15, 0.2) is 5.78 Å². The van der Waals surface area contributed by atoms with Crippen LogP contribution in [0.4, 0.5) is 5.69 Å². The minimum absolute atomic E-state index is 0.000319. The molecule has 1 N–H and O–H groups in total. The first kappa shape index (κ1) is 21.5. The molecule has 0 unspecified atom stereocenters. The van der Waals surface area contributed by atoms with Gasteiger partial charge in [0.25, 0.3) is 0 Å². The second-order valence-corrected chi connectivity index (χ2v) is 9.78. The van der Waals surface area contributed by atoms with Gasteiger partial charge in [0.2, 0.25) is 10.0 Å². The van der Waals surface area contributed by atoms with Crippen LogP contribution < -0.4 is 5.32 Å². The Hall–Kier alpha value is -2.71. The highest BCUT2D eigenvalue weighted by atomic mass is 32.2. The zero-order chi connectivity index (χ0) is 22.0. The number of sulfonamides is 1. The van der Waals surface area contributed by atoms with Crippen LogP contribution in [-0.4, -0.2) is 41.1 Å². The van der Waals surface area contributed by atoms with E-state index in [0.29, 0.717) is 42.2 Å². The number of hydrogen-bond donors (Lipinski definition) is 1. The van der Waals surface area contributed by atoms with Gasteiger partial charge >= 0.3 is 0 Å². The van der Waals surface area contributed by atoms with Crippen molar-refractivity contribution in [1.29, 1.82) is 0 Å². The van der Waals surface area contributed by atoms with E-state index in [9.17, 15) is 13.2 Å². The van der Waals surface area contributed by atoms with Gasteiger partial charge in [-0.2, -0.15) is 4.31 Å². The molecule has 1 aliphatic rings.